The third-order valence-electron chi connectivity index (χ3n) is 13.0. The average molecular weight is 867 g/mol. The number of hydrogen-bond donors (Lipinski definition) is 0. The standard InChI is InChI=1S/C50H70O7Si3/c1-13-58(14-2,15-3)57-46-45(56-60(50(10,11)12,39-32-24-18-25-33-39)40-34-26-19-27-35-40)44-43(54-46)42(41(53-44)36-52-47(51)48(4,5)6)55-59(49(7,8)9,37-28-20-16-21-29-37)38-30-22-17-23-31-38/h16-35,41-46H,13-15,36H2,1-12H3/t41-,42+,43+,44-,45-,46+/m1/s1. The molecule has 10 heteroatoms. The fourth-order valence-electron chi connectivity index (χ4n) is 9.47. The topological polar surface area (TPSA) is 72.5 Å². The molecule has 0 radical (unpaired) electrons. The molecule has 0 bridgehead atoms. The minimum atomic E-state index is -3.17. The van der Waals surface area contributed by atoms with Crippen molar-refractivity contribution in [3.8, 4) is 0 Å². The fraction of sp³-hybridized carbons (Fsp3) is 0.500. The molecule has 2 aliphatic rings. The first kappa shape index (κ1) is 46.3. The lowest BCUT2D eigenvalue weighted by atomic mass is 9.97. The number of hydrogen-bond acceptors (Lipinski definition) is 7. The second-order valence-electron chi connectivity index (χ2n) is 19.8. The van der Waals surface area contributed by atoms with E-state index < -0.39 is 67.2 Å². The van der Waals surface area contributed by atoms with Crippen LogP contribution in [0, 0.1) is 5.41 Å². The predicted molar refractivity (Wildman–Crippen MR) is 251 cm³/mol. The Morgan fingerprint density at radius 1 is 0.517 bits per heavy atom. The number of carbonyl (C=O) groups is 1. The van der Waals surface area contributed by atoms with Crippen molar-refractivity contribution in [3.63, 3.8) is 0 Å². The molecule has 0 unspecified atom stereocenters. The van der Waals surface area contributed by atoms with Gasteiger partial charge in [-0.3, -0.25) is 4.79 Å². The lowest BCUT2D eigenvalue weighted by Crippen LogP contribution is -2.69. The first-order valence-corrected chi connectivity index (χ1v) is 28.5. The van der Waals surface area contributed by atoms with Gasteiger partial charge in [0.2, 0.25) is 0 Å². The summed E-state index contributed by atoms with van der Waals surface area (Å²) in [5, 5.41) is 4.01. The van der Waals surface area contributed by atoms with Crippen LogP contribution in [0.2, 0.25) is 28.2 Å². The first-order chi connectivity index (χ1) is 28.4. The summed E-state index contributed by atoms with van der Waals surface area (Å²) in [6, 6.07) is 45.6. The lowest BCUT2D eigenvalue weighted by molar-refractivity contribution is -0.165. The highest BCUT2D eigenvalue weighted by Gasteiger charge is 2.65. The molecule has 0 saturated carbocycles. The molecule has 4 aromatic carbocycles. The molecule has 2 heterocycles. The van der Waals surface area contributed by atoms with Crippen molar-refractivity contribution in [2.75, 3.05) is 6.61 Å². The third kappa shape index (κ3) is 8.86. The Morgan fingerprint density at radius 2 is 0.867 bits per heavy atom. The molecule has 4 aromatic rings. The Hall–Kier alpha value is -3.20. The van der Waals surface area contributed by atoms with Gasteiger partial charge in [-0.2, -0.15) is 0 Å². The van der Waals surface area contributed by atoms with Crippen molar-refractivity contribution in [1.82, 2.24) is 0 Å². The van der Waals surface area contributed by atoms with Crippen LogP contribution < -0.4 is 20.7 Å². The zero-order valence-electron chi connectivity index (χ0n) is 38.2. The molecular formula is C50H70O7Si3. The van der Waals surface area contributed by atoms with Gasteiger partial charge in [-0.15, -0.1) is 0 Å². The Morgan fingerprint density at radius 3 is 1.20 bits per heavy atom. The van der Waals surface area contributed by atoms with E-state index in [9.17, 15) is 4.79 Å². The van der Waals surface area contributed by atoms with Gasteiger partial charge in [0.1, 0.15) is 37.1 Å². The number of esters is 1. The normalized spacial score (nSPS) is 22.7. The SMILES string of the molecule is CC[Si](CC)(CC)O[C@@H]1O[C@@H]2[C@@H](O[C@H](COC(=O)C(C)(C)C)[C@@H]2O[Si](c2ccccc2)(c2ccccc2)C(C)(C)C)[C@H]1O[Si](c1ccccc1)(c1ccccc1)C(C)(C)C. The van der Waals surface area contributed by atoms with E-state index in [0.717, 1.165) is 28.5 Å². The van der Waals surface area contributed by atoms with Gasteiger partial charge in [-0.05, 0) is 69.7 Å². The van der Waals surface area contributed by atoms with Gasteiger partial charge in [0.15, 0.2) is 14.6 Å². The highest BCUT2D eigenvalue weighted by molar-refractivity contribution is 7.00. The molecule has 7 nitrogen and oxygen atoms in total. The molecule has 0 N–H and O–H groups in total. The van der Waals surface area contributed by atoms with Crippen molar-refractivity contribution in [3.05, 3.63) is 121 Å². The number of carbonyl (C=O) groups excluding carboxylic acids is 1. The molecule has 0 aromatic heterocycles. The Labute approximate surface area is 363 Å². The van der Waals surface area contributed by atoms with Crippen LogP contribution in [-0.2, 0) is 32.3 Å². The van der Waals surface area contributed by atoms with Crippen molar-refractivity contribution >= 4 is 51.7 Å². The Bertz CT molecular complexity index is 1890. The first-order valence-electron chi connectivity index (χ1n) is 22.1. The van der Waals surface area contributed by atoms with E-state index in [0.29, 0.717) is 0 Å². The molecule has 2 saturated heterocycles. The van der Waals surface area contributed by atoms with Crippen LogP contribution in [0.15, 0.2) is 121 Å². The van der Waals surface area contributed by atoms with Crippen LogP contribution >= 0.6 is 0 Å². The number of ether oxygens (including phenoxy) is 3. The maximum Gasteiger partial charge on any atom is 0.311 e. The molecule has 0 spiro atoms. The molecule has 2 fully saturated rings. The summed E-state index contributed by atoms with van der Waals surface area (Å²) in [5.41, 5.74) is -0.693. The molecule has 60 heavy (non-hydrogen) atoms. The van der Waals surface area contributed by atoms with Crippen molar-refractivity contribution < 1.29 is 32.3 Å². The van der Waals surface area contributed by atoms with Gasteiger partial charge in [-0.1, -0.05) is 184 Å². The van der Waals surface area contributed by atoms with Gasteiger partial charge in [-0.25, -0.2) is 0 Å². The highest BCUT2D eigenvalue weighted by Crippen LogP contribution is 2.47. The average Bonchev–Trinajstić information content (AvgIpc) is 3.73. The highest BCUT2D eigenvalue weighted by atomic mass is 28.4. The van der Waals surface area contributed by atoms with Crippen LogP contribution in [0.4, 0.5) is 0 Å². The van der Waals surface area contributed by atoms with E-state index in [4.69, 9.17) is 27.5 Å². The summed E-state index contributed by atoms with van der Waals surface area (Å²) < 4.78 is 44.2. The van der Waals surface area contributed by atoms with Crippen molar-refractivity contribution in [2.24, 2.45) is 5.41 Å². The van der Waals surface area contributed by atoms with E-state index >= 15 is 0 Å². The van der Waals surface area contributed by atoms with Crippen LogP contribution in [-0.4, -0.2) is 74.3 Å². The number of benzene rings is 4. The van der Waals surface area contributed by atoms with Gasteiger partial charge in [0.05, 0.1) is 5.41 Å². The second kappa shape index (κ2) is 18.3. The van der Waals surface area contributed by atoms with Crippen LogP contribution in [0.5, 0.6) is 0 Å². The predicted octanol–water partition coefficient (Wildman–Crippen LogP) is 8.98. The third-order valence-corrected chi connectivity index (χ3v) is 27.6. The van der Waals surface area contributed by atoms with E-state index in [1.54, 1.807) is 0 Å². The Balaban J connectivity index is 1.56. The lowest BCUT2D eigenvalue weighted by Gasteiger charge is -2.46. The molecule has 0 aliphatic carbocycles. The number of rotatable bonds is 15. The molecule has 0 amide bonds. The minimum absolute atomic E-state index is 0.0182. The molecule has 2 aliphatic heterocycles. The van der Waals surface area contributed by atoms with Crippen molar-refractivity contribution in [2.45, 2.75) is 148 Å². The Kier molecular flexibility index (Phi) is 14.1. The van der Waals surface area contributed by atoms with Crippen LogP contribution in [0.1, 0.15) is 83.1 Å². The second-order valence-corrected chi connectivity index (χ2v) is 33.0. The molecular weight excluding hydrogens is 797 g/mol. The van der Waals surface area contributed by atoms with Crippen LogP contribution in [0.3, 0.4) is 0 Å². The monoisotopic (exact) mass is 866 g/mol. The molecule has 6 atom stereocenters. The van der Waals surface area contributed by atoms with E-state index in [1.165, 1.54) is 10.4 Å². The fourth-order valence-corrected chi connectivity index (χ4v) is 21.5. The zero-order chi connectivity index (χ0) is 43.6. The van der Waals surface area contributed by atoms with Gasteiger partial charge in [0.25, 0.3) is 16.6 Å². The molecule has 324 valence electrons. The maximum absolute atomic E-state index is 13.5. The zero-order valence-corrected chi connectivity index (χ0v) is 41.2. The summed E-state index contributed by atoms with van der Waals surface area (Å²) in [5.74, 6) is -0.292. The number of fused-ring (bicyclic) bond motifs is 1. The van der Waals surface area contributed by atoms with Gasteiger partial charge >= 0.3 is 5.97 Å². The summed E-state index contributed by atoms with van der Waals surface area (Å²) in [6.07, 6.45) is -3.70. The van der Waals surface area contributed by atoms with Gasteiger partial charge < -0.3 is 27.5 Å². The van der Waals surface area contributed by atoms with E-state index in [2.05, 4.69) is 184 Å². The van der Waals surface area contributed by atoms with E-state index in [-0.39, 0.29) is 22.7 Å². The quantitative estimate of drug-likeness (QED) is 0.0874. The summed E-state index contributed by atoms with van der Waals surface area (Å²) in [7, 11) is -8.59. The maximum atomic E-state index is 13.5. The largest absolute Gasteiger partial charge is 0.462 e. The smallest absolute Gasteiger partial charge is 0.311 e. The van der Waals surface area contributed by atoms with Gasteiger partial charge in [0, 0.05) is 0 Å². The molecule has 6 rings (SSSR count). The summed E-state index contributed by atoms with van der Waals surface area (Å²) >= 11 is 0. The summed E-state index contributed by atoms with van der Waals surface area (Å²) in [6.45, 7) is 26.1. The van der Waals surface area contributed by atoms with Crippen molar-refractivity contribution in [1.29, 1.82) is 0 Å². The van der Waals surface area contributed by atoms with E-state index in [1.807, 2.05) is 20.8 Å². The summed E-state index contributed by atoms with van der Waals surface area (Å²) in [4.78, 5) is 13.5. The van der Waals surface area contributed by atoms with Crippen LogP contribution in [0.25, 0.3) is 0 Å². The minimum Gasteiger partial charge on any atom is -0.462 e.